The van der Waals surface area contributed by atoms with Gasteiger partial charge in [0.2, 0.25) is 11.8 Å². The summed E-state index contributed by atoms with van der Waals surface area (Å²) in [6.07, 6.45) is 4.01. The molecule has 7 heteroatoms. The van der Waals surface area contributed by atoms with Crippen LogP contribution in [0.25, 0.3) is 10.8 Å². The number of carbonyl (C=O) groups excluding carboxylic acids is 2. The molecule has 3 rings (SSSR count). The van der Waals surface area contributed by atoms with E-state index in [0.717, 1.165) is 35.7 Å². The Balaban J connectivity index is 1.64. The first kappa shape index (κ1) is 24.0. The zero-order valence-electron chi connectivity index (χ0n) is 19.7. The van der Waals surface area contributed by atoms with Crippen LogP contribution in [0, 0.1) is 11.8 Å². The van der Waals surface area contributed by atoms with Crippen LogP contribution in [-0.2, 0) is 16.1 Å². The smallest absolute Gasteiger partial charge is 0.243 e. The number of nitrogens with two attached hydrogens (primary N) is 1. The number of amides is 2. The molecule has 1 aromatic heterocycles. The molecule has 7 nitrogen and oxygen atoms in total. The maximum atomic E-state index is 13.3. The zero-order valence-corrected chi connectivity index (χ0v) is 19.7. The van der Waals surface area contributed by atoms with Crippen molar-refractivity contribution in [3.63, 3.8) is 0 Å². The lowest BCUT2D eigenvalue weighted by Crippen LogP contribution is -2.53. The molecule has 4 N–H and O–H groups in total. The molecule has 2 heterocycles. The number of carbonyl (C=O) groups is 2. The SMILES string of the molecule is CC(C)CN[C@H](CC(C)C)C(=O)N1CCC[C@H]1C(=O)NCc1ccc2c(N)nccc2c1. The van der Waals surface area contributed by atoms with Crippen LogP contribution < -0.4 is 16.4 Å². The van der Waals surface area contributed by atoms with Crippen molar-refractivity contribution >= 4 is 28.4 Å². The molecule has 32 heavy (non-hydrogen) atoms. The van der Waals surface area contributed by atoms with Crippen LogP contribution >= 0.6 is 0 Å². The third-order valence-electron chi connectivity index (χ3n) is 5.94. The van der Waals surface area contributed by atoms with Crippen LogP contribution in [0.15, 0.2) is 30.5 Å². The number of likely N-dealkylation sites (tertiary alicyclic amines) is 1. The summed E-state index contributed by atoms with van der Waals surface area (Å²) in [7, 11) is 0. The van der Waals surface area contributed by atoms with E-state index in [9.17, 15) is 9.59 Å². The van der Waals surface area contributed by atoms with E-state index in [1.54, 1.807) is 11.1 Å². The maximum absolute atomic E-state index is 13.3. The van der Waals surface area contributed by atoms with Gasteiger partial charge < -0.3 is 21.3 Å². The quantitative estimate of drug-likeness (QED) is 0.557. The van der Waals surface area contributed by atoms with Crippen molar-refractivity contribution in [2.75, 3.05) is 18.8 Å². The van der Waals surface area contributed by atoms with Crippen LogP contribution in [-0.4, -0.2) is 46.9 Å². The van der Waals surface area contributed by atoms with Crippen LogP contribution in [0.3, 0.4) is 0 Å². The number of nitrogens with one attached hydrogen (secondary N) is 2. The van der Waals surface area contributed by atoms with Gasteiger partial charge in [-0.2, -0.15) is 0 Å². The molecule has 2 aromatic rings. The number of fused-ring (bicyclic) bond motifs is 1. The maximum Gasteiger partial charge on any atom is 0.243 e. The van der Waals surface area contributed by atoms with Crippen LogP contribution in [0.5, 0.6) is 0 Å². The average Bonchev–Trinajstić information content (AvgIpc) is 3.24. The Labute approximate surface area is 191 Å². The van der Waals surface area contributed by atoms with E-state index in [4.69, 9.17) is 5.73 Å². The minimum absolute atomic E-state index is 0.0469. The Morgan fingerprint density at radius 3 is 2.69 bits per heavy atom. The van der Waals surface area contributed by atoms with Gasteiger partial charge in [0.25, 0.3) is 0 Å². The van der Waals surface area contributed by atoms with Crippen molar-refractivity contribution in [1.82, 2.24) is 20.5 Å². The molecular formula is C25H37N5O2. The summed E-state index contributed by atoms with van der Waals surface area (Å²) in [6, 6.07) is 7.16. The first-order valence-corrected chi connectivity index (χ1v) is 11.7. The highest BCUT2D eigenvalue weighted by Crippen LogP contribution is 2.22. The summed E-state index contributed by atoms with van der Waals surface area (Å²) in [4.78, 5) is 32.2. The highest BCUT2D eigenvalue weighted by molar-refractivity contribution is 5.92. The summed E-state index contributed by atoms with van der Waals surface area (Å²) in [5.41, 5.74) is 6.91. The van der Waals surface area contributed by atoms with Crippen molar-refractivity contribution in [3.05, 3.63) is 36.0 Å². The van der Waals surface area contributed by atoms with E-state index < -0.39 is 6.04 Å². The standard InChI is InChI=1S/C25H37N5O2/c1-16(2)12-21(28-14-17(3)4)25(32)30-11-5-6-22(30)24(31)29-15-18-7-8-20-19(13-18)9-10-27-23(20)26/h7-10,13,16-17,21-22,28H,5-6,11-12,14-15H2,1-4H3,(H2,26,27)(H,29,31)/t21-,22+/m1/s1. The second-order valence-electron chi connectivity index (χ2n) is 9.64. The normalized spacial score (nSPS) is 17.3. The van der Waals surface area contributed by atoms with Crippen molar-refractivity contribution < 1.29 is 9.59 Å². The number of anilines is 1. The van der Waals surface area contributed by atoms with Gasteiger partial charge in [0.15, 0.2) is 0 Å². The fourth-order valence-corrected chi connectivity index (χ4v) is 4.29. The summed E-state index contributed by atoms with van der Waals surface area (Å²) >= 11 is 0. The van der Waals surface area contributed by atoms with Gasteiger partial charge in [0, 0.05) is 24.7 Å². The topological polar surface area (TPSA) is 100 Å². The van der Waals surface area contributed by atoms with Gasteiger partial charge in [-0.25, -0.2) is 4.98 Å². The van der Waals surface area contributed by atoms with Crippen molar-refractivity contribution in [3.8, 4) is 0 Å². The van der Waals surface area contributed by atoms with Gasteiger partial charge in [-0.15, -0.1) is 0 Å². The van der Waals surface area contributed by atoms with Crippen LogP contribution in [0.1, 0.15) is 52.5 Å². The van der Waals surface area contributed by atoms with Gasteiger partial charge in [-0.1, -0.05) is 39.8 Å². The van der Waals surface area contributed by atoms with Gasteiger partial charge in [0.1, 0.15) is 11.9 Å². The Kier molecular flexibility index (Phi) is 8.07. The number of rotatable bonds is 9. The molecule has 0 radical (unpaired) electrons. The molecule has 0 bridgehead atoms. The second-order valence-corrected chi connectivity index (χ2v) is 9.64. The van der Waals surface area contributed by atoms with E-state index in [1.165, 1.54) is 0 Å². The molecular weight excluding hydrogens is 402 g/mol. The minimum Gasteiger partial charge on any atom is -0.383 e. The third kappa shape index (κ3) is 5.97. The molecule has 174 valence electrons. The number of aromatic nitrogens is 1. The monoisotopic (exact) mass is 439 g/mol. The highest BCUT2D eigenvalue weighted by Gasteiger charge is 2.37. The fourth-order valence-electron chi connectivity index (χ4n) is 4.29. The molecule has 1 fully saturated rings. The first-order chi connectivity index (χ1) is 15.3. The van der Waals surface area contributed by atoms with E-state index in [-0.39, 0.29) is 17.9 Å². The van der Waals surface area contributed by atoms with E-state index in [1.807, 2.05) is 24.3 Å². The lowest BCUT2D eigenvalue weighted by Gasteiger charge is -2.30. The van der Waals surface area contributed by atoms with E-state index in [2.05, 4.69) is 43.3 Å². The third-order valence-corrected chi connectivity index (χ3v) is 5.94. The largest absolute Gasteiger partial charge is 0.383 e. The average molecular weight is 440 g/mol. The Morgan fingerprint density at radius 1 is 1.19 bits per heavy atom. The predicted molar refractivity (Wildman–Crippen MR) is 129 cm³/mol. The number of hydrogen-bond acceptors (Lipinski definition) is 5. The van der Waals surface area contributed by atoms with Gasteiger partial charge >= 0.3 is 0 Å². The Hall–Kier alpha value is -2.67. The minimum atomic E-state index is -0.404. The lowest BCUT2D eigenvalue weighted by molar-refractivity contribution is -0.140. The second kappa shape index (κ2) is 10.8. The number of nitrogen functional groups attached to an aromatic ring is 1. The fraction of sp³-hybridized carbons (Fsp3) is 0.560. The molecule has 0 saturated carbocycles. The van der Waals surface area contributed by atoms with Crippen molar-refractivity contribution in [2.45, 2.75) is 65.6 Å². The molecule has 0 unspecified atom stereocenters. The number of benzene rings is 1. The summed E-state index contributed by atoms with van der Waals surface area (Å²) in [6.45, 7) is 10.3. The molecule has 0 aliphatic carbocycles. The van der Waals surface area contributed by atoms with Crippen molar-refractivity contribution in [2.24, 2.45) is 11.8 Å². The van der Waals surface area contributed by atoms with Gasteiger partial charge in [-0.05, 0) is 60.7 Å². The highest BCUT2D eigenvalue weighted by atomic mass is 16.2. The molecule has 1 aliphatic heterocycles. The molecule has 2 amide bonds. The molecule has 0 spiro atoms. The zero-order chi connectivity index (χ0) is 23.3. The van der Waals surface area contributed by atoms with Gasteiger partial charge in [-0.3, -0.25) is 9.59 Å². The van der Waals surface area contributed by atoms with Crippen molar-refractivity contribution in [1.29, 1.82) is 0 Å². The summed E-state index contributed by atoms with van der Waals surface area (Å²) < 4.78 is 0. The van der Waals surface area contributed by atoms with Gasteiger partial charge in [0.05, 0.1) is 6.04 Å². The Bertz CT molecular complexity index is 943. The summed E-state index contributed by atoms with van der Waals surface area (Å²) in [5.74, 6) is 1.32. The summed E-state index contributed by atoms with van der Waals surface area (Å²) in [5, 5.41) is 8.36. The lowest BCUT2D eigenvalue weighted by atomic mass is 10.0. The molecule has 1 saturated heterocycles. The molecule has 1 aromatic carbocycles. The first-order valence-electron chi connectivity index (χ1n) is 11.7. The molecule has 2 atom stereocenters. The van der Waals surface area contributed by atoms with E-state index in [0.29, 0.717) is 37.2 Å². The van der Waals surface area contributed by atoms with E-state index >= 15 is 0 Å². The van der Waals surface area contributed by atoms with Crippen LogP contribution in [0.2, 0.25) is 0 Å². The number of pyridine rings is 1. The predicted octanol–water partition coefficient (Wildman–Crippen LogP) is 3.08. The molecule has 1 aliphatic rings. The van der Waals surface area contributed by atoms with Crippen LogP contribution in [0.4, 0.5) is 5.82 Å². The Morgan fingerprint density at radius 2 is 1.97 bits per heavy atom. The number of nitrogens with zero attached hydrogens (tertiary/aromatic N) is 2. The number of hydrogen-bond donors (Lipinski definition) is 3.